The molecule has 0 bridgehead atoms. The third-order valence-corrected chi connectivity index (χ3v) is 2.79. The Bertz CT molecular complexity index is 496. The van der Waals surface area contributed by atoms with E-state index in [0.29, 0.717) is 12.3 Å². The lowest BCUT2D eigenvalue weighted by molar-refractivity contribution is 0.342. The maximum Gasteiger partial charge on any atom is 0.144 e. The van der Waals surface area contributed by atoms with Crippen LogP contribution in [0.2, 0.25) is 0 Å². The van der Waals surface area contributed by atoms with Gasteiger partial charge in [-0.25, -0.2) is 4.98 Å². The van der Waals surface area contributed by atoms with Gasteiger partial charge in [0.05, 0.1) is 12.3 Å². The Morgan fingerprint density at radius 2 is 2.32 bits per heavy atom. The first kappa shape index (κ1) is 13.3. The molecule has 0 saturated heterocycles. The molecule has 0 amide bonds. The Balaban J connectivity index is 1.80. The Labute approximate surface area is 113 Å². The van der Waals surface area contributed by atoms with Crippen molar-refractivity contribution in [2.45, 2.75) is 19.8 Å². The zero-order chi connectivity index (χ0) is 13.5. The average Bonchev–Trinajstić information content (AvgIpc) is 2.92. The number of rotatable bonds is 7. The van der Waals surface area contributed by atoms with Crippen molar-refractivity contribution in [1.82, 2.24) is 9.97 Å². The van der Waals surface area contributed by atoms with Crippen molar-refractivity contribution in [3.63, 3.8) is 0 Å². The number of aromatic nitrogens is 2. The van der Waals surface area contributed by atoms with Gasteiger partial charge in [0.1, 0.15) is 11.6 Å². The maximum absolute atomic E-state index is 5.83. The third-order valence-electron chi connectivity index (χ3n) is 2.79. The topological polar surface area (TPSA) is 76.0 Å². The van der Waals surface area contributed by atoms with Gasteiger partial charge in [0.15, 0.2) is 0 Å². The van der Waals surface area contributed by atoms with E-state index in [9.17, 15) is 0 Å². The summed E-state index contributed by atoms with van der Waals surface area (Å²) in [6.07, 6.45) is 5.57. The van der Waals surface area contributed by atoms with E-state index in [2.05, 4.69) is 15.3 Å². The first-order valence-electron chi connectivity index (χ1n) is 6.54. The minimum atomic E-state index is 0.617. The first-order valence-corrected chi connectivity index (χ1v) is 6.54. The maximum atomic E-state index is 5.83. The summed E-state index contributed by atoms with van der Waals surface area (Å²) in [5, 5.41) is 3.36. The summed E-state index contributed by atoms with van der Waals surface area (Å²) >= 11 is 0. The van der Waals surface area contributed by atoms with E-state index in [4.69, 9.17) is 10.5 Å². The van der Waals surface area contributed by atoms with E-state index >= 15 is 0 Å². The van der Waals surface area contributed by atoms with Gasteiger partial charge in [-0.3, -0.25) is 0 Å². The van der Waals surface area contributed by atoms with Crippen molar-refractivity contribution in [3.8, 4) is 5.75 Å². The number of nitrogens with one attached hydrogen (secondary N) is 2. The molecular weight excluding hydrogens is 240 g/mol. The second kappa shape index (κ2) is 6.68. The molecule has 0 aliphatic heterocycles. The second-order valence-corrected chi connectivity index (χ2v) is 4.25. The van der Waals surface area contributed by atoms with Gasteiger partial charge in [0, 0.05) is 37.1 Å². The highest BCUT2D eigenvalue weighted by molar-refractivity contribution is 5.61. The summed E-state index contributed by atoms with van der Waals surface area (Å²) in [6.45, 7) is 3.45. The number of hydrogen-bond acceptors (Lipinski definition) is 4. The van der Waals surface area contributed by atoms with Crippen molar-refractivity contribution >= 4 is 11.4 Å². The molecule has 1 aromatic carbocycles. The highest BCUT2D eigenvalue weighted by Crippen LogP contribution is 2.25. The molecule has 0 saturated carbocycles. The van der Waals surface area contributed by atoms with Gasteiger partial charge in [-0.05, 0) is 25.5 Å². The molecule has 102 valence electrons. The lowest BCUT2D eigenvalue weighted by Gasteiger charge is -2.10. The smallest absolute Gasteiger partial charge is 0.144 e. The SMILES string of the molecule is CCOc1cc(NCCCc2ncc[nH]2)ccc1N. The van der Waals surface area contributed by atoms with Gasteiger partial charge < -0.3 is 20.8 Å². The van der Waals surface area contributed by atoms with Crippen LogP contribution in [0, 0.1) is 0 Å². The molecule has 5 nitrogen and oxygen atoms in total. The van der Waals surface area contributed by atoms with Crippen molar-refractivity contribution in [3.05, 3.63) is 36.4 Å². The summed E-state index contributed by atoms with van der Waals surface area (Å²) < 4.78 is 5.46. The van der Waals surface area contributed by atoms with Crippen LogP contribution in [0.15, 0.2) is 30.6 Å². The number of nitrogens with zero attached hydrogens (tertiary/aromatic N) is 1. The summed E-state index contributed by atoms with van der Waals surface area (Å²) in [7, 11) is 0. The number of benzene rings is 1. The number of aromatic amines is 1. The predicted molar refractivity (Wildman–Crippen MR) is 77.4 cm³/mol. The quantitative estimate of drug-likeness (QED) is 0.528. The molecule has 2 rings (SSSR count). The monoisotopic (exact) mass is 260 g/mol. The largest absolute Gasteiger partial charge is 0.492 e. The van der Waals surface area contributed by atoms with Crippen LogP contribution >= 0.6 is 0 Å². The third kappa shape index (κ3) is 3.91. The Hall–Kier alpha value is -2.17. The lowest BCUT2D eigenvalue weighted by atomic mass is 10.2. The van der Waals surface area contributed by atoms with Gasteiger partial charge >= 0.3 is 0 Å². The van der Waals surface area contributed by atoms with E-state index in [1.807, 2.05) is 31.3 Å². The predicted octanol–water partition coefficient (Wildman–Crippen LogP) is 2.44. The number of imidazole rings is 1. The fraction of sp³-hybridized carbons (Fsp3) is 0.357. The van der Waals surface area contributed by atoms with Gasteiger partial charge in [-0.15, -0.1) is 0 Å². The van der Waals surface area contributed by atoms with Crippen LogP contribution < -0.4 is 15.8 Å². The van der Waals surface area contributed by atoms with Gasteiger partial charge in [0.25, 0.3) is 0 Å². The molecule has 0 atom stereocenters. The van der Waals surface area contributed by atoms with E-state index < -0.39 is 0 Å². The second-order valence-electron chi connectivity index (χ2n) is 4.25. The Morgan fingerprint density at radius 1 is 1.42 bits per heavy atom. The lowest BCUT2D eigenvalue weighted by Crippen LogP contribution is -2.04. The van der Waals surface area contributed by atoms with Crippen LogP contribution in [0.4, 0.5) is 11.4 Å². The molecule has 2 aromatic rings. The fourth-order valence-electron chi connectivity index (χ4n) is 1.85. The summed E-state index contributed by atoms with van der Waals surface area (Å²) in [5.74, 6) is 1.76. The molecule has 1 aromatic heterocycles. The van der Waals surface area contributed by atoms with E-state index in [1.54, 1.807) is 6.20 Å². The van der Waals surface area contributed by atoms with Crippen LogP contribution in [0.1, 0.15) is 19.2 Å². The fourth-order valence-corrected chi connectivity index (χ4v) is 1.85. The van der Waals surface area contributed by atoms with Crippen molar-refractivity contribution in [2.24, 2.45) is 0 Å². The van der Waals surface area contributed by atoms with E-state index in [0.717, 1.165) is 36.6 Å². The molecule has 0 spiro atoms. The zero-order valence-corrected chi connectivity index (χ0v) is 11.1. The Kier molecular flexibility index (Phi) is 4.66. The standard InChI is InChI=1S/C14H20N4O/c1-2-19-13-10-11(5-6-12(13)15)16-7-3-4-14-17-8-9-18-14/h5-6,8-10,16H,2-4,7,15H2,1H3,(H,17,18). The van der Waals surface area contributed by atoms with Gasteiger partial charge in [0.2, 0.25) is 0 Å². The minimum absolute atomic E-state index is 0.617. The highest BCUT2D eigenvalue weighted by atomic mass is 16.5. The molecule has 4 N–H and O–H groups in total. The summed E-state index contributed by atoms with van der Waals surface area (Å²) in [4.78, 5) is 7.28. The summed E-state index contributed by atoms with van der Waals surface area (Å²) in [5.41, 5.74) is 7.52. The number of nitrogen functional groups attached to an aromatic ring is 1. The molecular formula is C14H20N4O. The number of anilines is 2. The van der Waals surface area contributed by atoms with Crippen molar-refractivity contribution in [2.75, 3.05) is 24.2 Å². The number of ether oxygens (including phenoxy) is 1. The number of nitrogens with two attached hydrogens (primary N) is 1. The van der Waals surface area contributed by atoms with E-state index in [-0.39, 0.29) is 0 Å². The zero-order valence-electron chi connectivity index (χ0n) is 11.1. The van der Waals surface area contributed by atoms with Gasteiger partial charge in [-0.2, -0.15) is 0 Å². The van der Waals surface area contributed by atoms with Gasteiger partial charge in [-0.1, -0.05) is 0 Å². The van der Waals surface area contributed by atoms with Crippen LogP contribution in [0.3, 0.4) is 0 Å². The normalized spacial score (nSPS) is 10.4. The van der Waals surface area contributed by atoms with Crippen molar-refractivity contribution in [1.29, 1.82) is 0 Å². The van der Waals surface area contributed by atoms with Crippen LogP contribution in [-0.2, 0) is 6.42 Å². The average molecular weight is 260 g/mol. The molecule has 0 aliphatic rings. The molecule has 5 heteroatoms. The highest BCUT2D eigenvalue weighted by Gasteiger charge is 2.01. The van der Waals surface area contributed by atoms with Crippen LogP contribution in [0.25, 0.3) is 0 Å². The van der Waals surface area contributed by atoms with Crippen molar-refractivity contribution < 1.29 is 4.74 Å². The molecule has 0 aliphatic carbocycles. The molecule has 1 heterocycles. The number of H-pyrrole nitrogens is 1. The number of aryl methyl sites for hydroxylation is 1. The number of hydrogen-bond donors (Lipinski definition) is 3. The molecule has 19 heavy (non-hydrogen) atoms. The van der Waals surface area contributed by atoms with Crippen LogP contribution in [-0.4, -0.2) is 23.1 Å². The van der Waals surface area contributed by atoms with E-state index in [1.165, 1.54) is 0 Å². The minimum Gasteiger partial charge on any atom is -0.492 e. The van der Waals surface area contributed by atoms with Crippen LogP contribution in [0.5, 0.6) is 5.75 Å². The molecule has 0 fully saturated rings. The first-order chi connectivity index (χ1) is 9.29. The molecule has 0 radical (unpaired) electrons. The summed E-state index contributed by atoms with van der Waals surface area (Å²) in [6, 6.07) is 5.76. The molecule has 0 unspecified atom stereocenters. The Morgan fingerprint density at radius 3 is 3.05 bits per heavy atom.